The van der Waals surface area contributed by atoms with Crippen molar-refractivity contribution in [2.75, 3.05) is 6.61 Å². The molecule has 0 spiro atoms. The van der Waals surface area contributed by atoms with Gasteiger partial charge in [-0.25, -0.2) is 4.68 Å². The Morgan fingerprint density at radius 2 is 1.74 bits per heavy atom. The van der Waals surface area contributed by atoms with E-state index in [1.807, 2.05) is 0 Å². The molecule has 0 aliphatic heterocycles. The van der Waals surface area contributed by atoms with Gasteiger partial charge in [-0.3, -0.25) is 4.79 Å². The van der Waals surface area contributed by atoms with Gasteiger partial charge in [0, 0.05) is 10.6 Å². The highest BCUT2D eigenvalue weighted by Crippen LogP contribution is 2.36. The summed E-state index contributed by atoms with van der Waals surface area (Å²) in [6.45, 7) is -2.44. The fourth-order valence-corrected chi connectivity index (χ4v) is 2.86. The minimum atomic E-state index is -5.72. The molecule has 0 saturated heterocycles. The lowest BCUT2D eigenvalue weighted by Gasteiger charge is -2.19. The summed E-state index contributed by atoms with van der Waals surface area (Å²) >= 11 is 6.04. The third-order valence-corrected chi connectivity index (χ3v) is 4.63. The average Bonchev–Trinajstić information content (AvgIpc) is 3.15. The standard InChI is InChI=1S/C20H15ClF5N3O2/c21-15-7-6-14(8-13(15)10-31-11-19(22,23)20(24,25)26)29-17(9-16(28-29)18(27)30)12-4-2-1-3-5-12/h1-9H,10-11H2,(H2,27,30). The molecule has 0 aliphatic carbocycles. The molecule has 5 nitrogen and oxygen atoms in total. The van der Waals surface area contributed by atoms with Gasteiger partial charge in [0.1, 0.15) is 6.61 Å². The van der Waals surface area contributed by atoms with Crippen molar-refractivity contribution in [1.29, 1.82) is 0 Å². The van der Waals surface area contributed by atoms with E-state index >= 15 is 0 Å². The number of hydrogen-bond donors (Lipinski definition) is 1. The molecule has 0 bridgehead atoms. The number of primary amides is 1. The second kappa shape index (κ2) is 8.64. The molecule has 2 aromatic carbocycles. The van der Waals surface area contributed by atoms with Crippen molar-refractivity contribution in [2.24, 2.45) is 5.73 Å². The van der Waals surface area contributed by atoms with Gasteiger partial charge in [0.25, 0.3) is 5.91 Å². The van der Waals surface area contributed by atoms with Crippen molar-refractivity contribution in [3.8, 4) is 16.9 Å². The number of benzene rings is 2. The molecule has 1 amide bonds. The molecule has 31 heavy (non-hydrogen) atoms. The highest BCUT2D eigenvalue weighted by Gasteiger charge is 2.57. The van der Waals surface area contributed by atoms with Gasteiger partial charge in [-0.2, -0.15) is 27.1 Å². The topological polar surface area (TPSA) is 70.1 Å². The van der Waals surface area contributed by atoms with Crippen LogP contribution >= 0.6 is 11.6 Å². The van der Waals surface area contributed by atoms with Crippen LogP contribution in [0.2, 0.25) is 5.02 Å². The Hall–Kier alpha value is -2.98. The molecular formula is C20H15ClF5N3O2. The number of carbonyl (C=O) groups is 1. The fraction of sp³-hybridized carbons (Fsp3) is 0.200. The van der Waals surface area contributed by atoms with Crippen molar-refractivity contribution in [1.82, 2.24) is 9.78 Å². The first-order valence-electron chi connectivity index (χ1n) is 8.76. The lowest BCUT2D eigenvalue weighted by molar-refractivity contribution is -0.297. The van der Waals surface area contributed by atoms with E-state index in [9.17, 15) is 26.7 Å². The summed E-state index contributed by atoms with van der Waals surface area (Å²) in [7, 11) is 0. The molecule has 0 aliphatic rings. The van der Waals surface area contributed by atoms with Crippen LogP contribution in [-0.2, 0) is 11.3 Å². The molecule has 0 unspecified atom stereocenters. The molecule has 1 heterocycles. The monoisotopic (exact) mass is 459 g/mol. The molecule has 2 N–H and O–H groups in total. The minimum Gasteiger partial charge on any atom is -0.370 e. The van der Waals surface area contributed by atoms with Gasteiger partial charge < -0.3 is 10.5 Å². The summed E-state index contributed by atoms with van der Waals surface area (Å²) in [6.07, 6.45) is -5.72. The Morgan fingerprint density at radius 1 is 1.06 bits per heavy atom. The molecule has 164 valence electrons. The third-order valence-electron chi connectivity index (χ3n) is 4.26. The van der Waals surface area contributed by atoms with Gasteiger partial charge in [-0.05, 0) is 29.8 Å². The second-order valence-corrected chi connectivity index (χ2v) is 6.93. The van der Waals surface area contributed by atoms with E-state index in [2.05, 4.69) is 9.84 Å². The average molecular weight is 460 g/mol. The van der Waals surface area contributed by atoms with E-state index < -0.39 is 31.2 Å². The summed E-state index contributed by atoms with van der Waals surface area (Å²) in [6, 6.07) is 14.8. The van der Waals surface area contributed by atoms with Crippen LogP contribution in [-0.4, -0.2) is 34.4 Å². The number of halogens is 6. The van der Waals surface area contributed by atoms with E-state index in [-0.39, 0.29) is 16.3 Å². The van der Waals surface area contributed by atoms with Crippen molar-refractivity contribution >= 4 is 17.5 Å². The molecule has 0 fully saturated rings. The summed E-state index contributed by atoms with van der Waals surface area (Å²) in [5.74, 6) is -5.75. The van der Waals surface area contributed by atoms with E-state index in [1.165, 1.54) is 22.9 Å². The maximum Gasteiger partial charge on any atom is 0.455 e. The summed E-state index contributed by atoms with van der Waals surface area (Å²) in [5.41, 5.74) is 7.06. The maximum atomic E-state index is 13.1. The Morgan fingerprint density at radius 3 is 2.35 bits per heavy atom. The number of nitrogens with zero attached hydrogens (tertiary/aromatic N) is 2. The largest absolute Gasteiger partial charge is 0.455 e. The number of carbonyl (C=O) groups excluding carboxylic acids is 1. The zero-order chi connectivity index (χ0) is 22.8. The third kappa shape index (κ3) is 5.02. The predicted molar refractivity (Wildman–Crippen MR) is 103 cm³/mol. The maximum absolute atomic E-state index is 13.1. The van der Waals surface area contributed by atoms with Gasteiger partial charge in [-0.15, -0.1) is 0 Å². The first-order chi connectivity index (χ1) is 14.5. The van der Waals surface area contributed by atoms with Crippen LogP contribution in [0.1, 0.15) is 16.1 Å². The molecule has 3 aromatic rings. The molecule has 1 aromatic heterocycles. The lowest BCUT2D eigenvalue weighted by Crippen LogP contribution is -2.40. The smallest absolute Gasteiger partial charge is 0.370 e. The van der Waals surface area contributed by atoms with Crippen molar-refractivity contribution in [2.45, 2.75) is 18.7 Å². The van der Waals surface area contributed by atoms with Crippen LogP contribution in [0.15, 0.2) is 54.6 Å². The molecule has 0 saturated carbocycles. The van der Waals surface area contributed by atoms with Gasteiger partial charge in [0.15, 0.2) is 5.69 Å². The molecule has 0 atom stereocenters. The van der Waals surface area contributed by atoms with Gasteiger partial charge in [0.05, 0.1) is 18.0 Å². The highest BCUT2D eigenvalue weighted by molar-refractivity contribution is 6.31. The molecule has 11 heteroatoms. The predicted octanol–water partition coefficient (Wildman–Crippen LogP) is 5.01. The Bertz CT molecular complexity index is 1080. The molecule has 0 radical (unpaired) electrons. The first kappa shape index (κ1) is 22.7. The number of amides is 1. The quantitative estimate of drug-likeness (QED) is 0.505. The number of aromatic nitrogens is 2. The zero-order valence-corrected chi connectivity index (χ0v) is 16.4. The van der Waals surface area contributed by atoms with Crippen LogP contribution in [0.5, 0.6) is 0 Å². The summed E-state index contributed by atoms with van der Waals surface area (Å²) < 4.78 is 69.0. The van der Waals surface area contributed by atoms with Gasteiger partial charge in [-0.1, -0.05) is 41.9 Å². The van der Waals surface area contributed by atoms with Crippen molar-refractivity contribution in [3.63, 3.8) is 0 Å². The van der Waals surface area contributed by atoms with Crippen LogP contribution in [0.25, 0.3) is 16.9 Å². The SMILES string of the molecule is NC(=O)c1cc(-c2ccccc2)n(-c2ccc(Cl)c(COCC(F)(F)C(F)(F)F)c2)n1. The number of rotatable bonds is 7. The fourth-order valence-electron chi connectivity index (χ4n) is 2.69. The van der Waals surface area contributed by atoms with E-state index in [0.29, 0.717) is 16.9 Å². The number of ether oxygens (including phenoxy) is 1. The van der Waals surface area contributed by atoms with Crippen LogP contribution in [0.4, 0.5) is 22.0 Å². The van der Waals surface area contributed by atoms with Crippen molar-refractivity contribution < 1.29 is 31.5 Å². The van der Waals surface area contributed by atoms with Crippen LogP contribution in [0.3, 0.4) is 0 Å². The van der Waals surface area contributed by atoms with E-state index in [4.69, 9.17) is 17.3 Å². The second-order valence-electron chi connectivity index (χ2n) is 6.53. The van der Waals surface area contributed by atoms with Gasteiger partial charge >= 0.3 is 12.1 Å². The number of alkyl halides is 5. The molecular weight excluding hydrogens is 445 g/mol. The number of nitrogens with two attached hydrogens (primary N) is 1. The Kier molecular flexibility index (Phi) is 6.33. The highest BCUT2D eigenvalue weighted by atomic mass is 35.5. The van der Waals surface area contributed by atoms with Gasteiger partial charge in [0.2, 0.25) is 0 Å². The summed E-state index contributed by atoms with van der Waals surface area (Å²) in [5, 5.41) is 4.27. The molecule has 3 rings (SSSR count). The van der Waals surface area contributed by atoms with Crippen LogP contribution in [0, 0.1) is 0 Å². The Labute approximate surface area is 178 Å². The minimum absolute atomic E-state index is 0.0172. The summed E-state index contributed by atoms with van der Waals surface area (Å²) in [4.78, 5) is 11.6. The first-order valence-corrected chi connectivity index (χ1v) is 9.14. The number of hydrogen-bond acceptors (Lipinski definition) is 3. The van der Waals surface area contributed by atoms with E-state index in [0.717, 1.165) is 0 Å². The van der Waals surface area contributed by atoms with Crippen LogP contribution < -0.4 is 5.73 Å². The van der Waals surface area contributed by atoms with E-state index in [1.54, 1.807) is 36.4 Å². The lowest BCUT2D eigenvalue weighted by atomic mass is 10.1. The Balaban J connectivity index is 1.92. The normalized spacial score (nSPS) is 12.2. The zero-order valence-electron chi connectivity index (χ0n) is 15.7. The van der Waals surface area contributed by atoms with Crippen molar-refractivity contribution in [3.05, 3.63) is 70.9 Å².